The van der Waals surface area contributed by atoms with Gasteiger partial charge in [0.2, 0.25) is 0 Å². The third kappa shape index (κ3) is 1.77. The number of alkyl halides is 1. The quantitative estimate of drug-likeness (QED) is 0.541. The van der Waals surface area contributed by atoms with Crippen molar-refractivity contribution in [3.05, 3.63) is 12.2 Å². The molecule has 0 saturated heterocycles. The maximum absolute atomic E-state index is 12.7. The van der Waals surface area contributed by atoms with E-state index in [0.717, 1.165) is 0 Å². The summed E-state index contributed by atoms with van der Waals surface area (Å²) in [5.74, 6) is -2.08. The van der Waals surface area contributed by atoms with Gasteiger partial charge in [0.1, 0.15) is 6.17 Å². The minimum absolute atomic E-state index is 0.188. The zero-order valence-electron chi connectivity index (χ0n) is 5.90. The Bertz CT molecular complexity index is 193. The first-order valence-electron chi connectivity index (χ1n) is 3.42. The summed E-state index contributed by atoms with van der Waals surface area (Å²) in [4.78, 5) is 10.4. The first kappa shape index (κ1) is 8.20. The van der Waals surface area contributed by atoms with Crippen LogP contribution in [0.15, 0.2) is 12.2 Å². The van der Waals surface area contributed by atoms with Gasteiger partial charge in [-0.25, -0.2) is 4.39 Å². The molecule has 0 saturated carbocycles. The average Bonchev–Trinajstić information content (AvgIpc) is 1.94. The van der Waals surface area contributed by atoms with Crippen molar-refractivity contribution in [2.75, 3.05) is 0 Å². The molecule has 0 unspecified atom stereocenters. The number of rotatable bonds is 1. The number of carboxylic acid groups (broad SMARTS) is 1. The Morgan fingerprint density at radius 3 is 2.73 bits per heavy atom. The number of carbonyl (C=O) groups is 1. The van der Waals surface area contributed by atoms with E-state index in [2.05, 4.69) is 0 Å². The highest BCUT2D eigenvalue weighted by Gasteiger charge is 2.30. The maximum Gasteiger partial charge on any atom is 0.309 e. The zero-order valence-corrected chi connectivity index (χ0v) is 5.90. The standard InChI is InChI=1S/C7H10FNO2/c8-6-2-1-4(9)3-5(6)7(10)11/h1-2,4-6H,3,9H2,(H,10,11)/t4-,5-,6-/m0/s1. The Morgan fingerprint density at radius 2 is 2.27 bits per heavy atom. The van der Waals surface area contributed by atoms with E-state index in [1.54, 1.807) is 0 Å². The predicted octanol–water partition coefficient (Wildman–Crippen LogP) is 0.312. The summed E-state index contributed by atoms with van der Waals surface area (Å²) in [7, 11) is 0. The third-order valence-corrected chi connectivity index (χ3v) is 1.77. The predicted molar refractivity (Wildman–Crippen MR) is 37.8 cm³/mol. The van der Waals surface area contributed by atoms with Gasteiger partial charge in [0.15, 0.2) is 0 Å². The van der Waals surface area contributed by atoms with Crippen molar-refractivity contribution in [3.8, 4) is 0 Å². The molecule has 1 rings (SSSR count). The molecule has 0 heterocycles. The fraction of sp³-hybridized carbons (Fsp3) is 0.571. The second-order valence-electron chi connectivity index (χ2n) is 2.67. The highest BCUT2D eigenvalue weighted by Crippen LogP contribution is 2.20. The van der Waals surface area contributed by atoms with Gasteiger partial charge in [-0.3, -0.25) is 4.79 Å². The van der Waals surface area contributed by atoms with Gasteiger partial charge in [-0.2, -0.15) is 0 Å². The number of nitrogens with two attached hydrogens (primary N) is 1. The molecule has 1 aliphatic carbocycles. The molecule has 11 heavy (non-hydrogen) atoms. The lowest BCUT2D eigenvalue weighted by molar-refractivity contribution is -0.143. The van der Waals surface area contributed by atoms with Gasteiger partial charge < -0.3 is 10.8 Å². The zero-order chi connectivity index (χ0) is 8.43. The van der Waals surface area contributed by atoms with E-state index in [9.17, 15) is 9.18 Å². The van der Waals surface area contributed by atoms with Crippen molar-refractivity contribution in [2.45, 2.75) is 18.6 Å². The second kappa shape index (κ2) is 3.00. The van der Waals surface area contributed by atoms with E-state index in [0.29, 0.717) is 0 Å². The molecule has 0 amide bonds. The van der Waals surface area contributed by atoms with Crippen molar-refractivity contribution in [1.82, 2.24) is 0 Å². The van der Waals surface area contributed by atoms with Crippen LogP contribution in [0.2, 0.25) is 0 Å². The number of allylic oxidation sites excluding steroid dienone is 1. The highest BCUT2D eigenvalue weighted by atomic mass is 19.1. The molecule has 0 aromatic rings. The number of hydrogen-bond donors (Lipinski definition) is 2. The first-order chi connectivity index (χ1) is 5.11. The van der Waals surface area contributed by atoms with E-state index in [-0.39, 0.29) is 12.5 Å². The van der Waals surface area contributed by atoms with Crippen LogP contribution in [0, 0.1) is 5.92 Å². The Kier molecular flexibility index (Phi) is 2.24. The molecular weight excluding hydrogens is 149 g/mol. The van der Waals surface area contributed by atoms with Gasteiger partial charge in [0.05, 0.1) is 5.92 Å². The van der Waals surface area contributed by atoms with Crippen LogP contribution < -0.4 is 5.73 Å². The minimum Gasteiger partial charge on any atom is -0.481 e. The van der Waals surface area contributed by atoms with Crippen LogP contribution in [-0.4, -0.2) is 23.3 Å². The lowest BCUT2D eigenvalue weighted by Crippen LogP contribution is -2.34. The molecule has 0 bridgehead atoms. The summed E-state index contributed by atoms with van der Waals surface area (Å²) < 4.78 is 12.7. The second-order valence-corrected chi connectivity index (χ2v) is 2.67. The average molecular weight is 159 g/mol. The molecule has 62 valence electrons. The van der Waals surface area contributed by atoms with Gasteiger partial charge >= 0.3 is 5.97 Å². The van der Waals surface area contributed by atoms with Crippen LogP contribution in [0.1, 0.15) is 6.42 Å². The van der Waals surface area contributed by atoms with Crippen LogP contribution in [0.5, 0.6) is 0 Å². The number of hydrogen-bond acceptors (Lipinski definition) is 2. The van der Waals surface area contributed by atoms with E-state index in [1.807, 2.05) is 0 Å². The maximum atomic E-state index is 12.7. The van der Waals surface area contributed by atoms with Crippen molar-refractivity contribution in [2.24, 2.45) is 11.7 Å². The van der Waals surface area contributed by atoms with E-state index < -0.39 is 18.1 Å². The van der Waals surface area contributed by atoms with Crippen molar-refractivity contribution >= 4 is 5.97 Å². The molecular formula is C7H10FNO2. The van der Waals surface area contributed by atoms with E-state index in [4.69, 9.17) is 10.8 Å². The molecule has 3 N–H and O–H groups in total. The van der Waals surface area contributed by atoms with Crippen molar-refractivity contribution < 1.29 is 14.3 Å². The first-order valence-corrected chi connectivity index (χ1v) is 3.42. The number of aliphatic carboxylic acids is 1. The Labute approximate surface area is 63.7 Å². The monoisotopic (exact) mass is 159 g/mol. The molecule has 0 radical (unpaired) electrons. The Hall–Kier alpha value is -0.900. The van der Waals surface area contributed by atoms with Crippen molar-refractivity contribution in [1.29, 1.82) is 0 Å². The van der Waals surface area contributed by atoms with Gasteiger partial charge in [0.25, 0.3) is 0 Å². The molecule has 0 spiro atoms. The highest BCUT2D eigenvalue weighted by molar-refractivity contribution is 5.71. The largest absolute Gasteiger partial charge is 0.481 e. The molecule has 3 atom stereocenters. The smallest absolute Gasteiger partial charge is 0.309 e. The Balaban J connectivity index is 2.68. The summed E-state index contributed by atoms with van der Waals surface area (Å²) >= 11 is 0. The summed E-state index contributed by atoms with van der Waals surface area (Å²) in [6.07, 6.45) is 1.52. The molecule has 0 aliphatic heterocycles. The summed E-state index contributed by atoms with van der Waals surface area (Å²) in [6.45, 7) is 0. The lowest BCUT2D eigenvalue weighted by Gasteiger charge is -2.21. The van der Waals surface area contributed by atoms with Crippen LogP contribution in [-0.2, 0) is 4.79 Å². The fourth-order valence-electron chi connectivity index (χ4n) is 1.12. The normalized spacial score (nSPS) is 37.1. The van der Waals surface area contributed by atoms with Gasteiger partial charge in [-0.05, 0) is 6.42 Å². The molecule has 1 aliphatic rings. The molecule has 0 aromatic carbocycles. The fourth-order valence-corrected chi connectivity index (χ4v) is 1.12. The molecule has 3 nitrogen and oxygen atoms in total. The SMILES string of the molecule is N[C@H]1C=C[C@H](F)[C@@H](C(=O)O)C1. The summed E-state index contributed by atoms with van der Waals surface area (Å²) in [5.41, 5.74) is 5.41. The van der Waals surface area contributed by atoms with Crippen LogP contribution in [0.25, 0.3) is 0 Å². The van der Waals surface area contributed by atoms with E-state index >= 15 is 0 Å². The van der Waals surface area contributed by atoms with Gasteiger partial charge in [0, 0.05) is 6.04 Å². The van der Waals surface area contributed by atoms with Crippen LogP contribution >= 0.6 is 0 Å². The number of halogens is 1. The van der Waals surface area contributed by atoms with Crippen LogP contribution in [0.3, 0.4) is 0 Å². The van der Waals surface area contributed by atoms with Crippen molar-refractivity contribution in [3.63, 3.8) is 0 Å². The molecule has 4 heteroatoms. The van der Waals surface area contributed by atoms with Gasteiger partial charge in [-0.15, -0.1) is 0 Å². The Morgan fingerprint density at radius 1 is 1.64 bits per heavy atom. The number of carboxylic acids is 1. The van der Waals surface area contributed by atoms with Crippen LogP contribution in [0.4, 0.5) is 4.39 Å². The summed E-state index contributed by atoms with van der Waals surface area (Å²) in [5, 5.41) is 8.50. The summed E-state index contributed by atoms with van der Waals surface area (Å²) in [6, 6.07) is -0.317. The minimum atomic E-state index is -1.38. The van der Waals surface area contributed by atoms with Gasteiger partial charge in [-0.1, -0.05) is 12.2 Å². The topological polar surface area (TPSA) is 63.3 Å². The third-order valence-electron chi connectivity index (χ3n) is 1.77. The molecule has 0 fully saturated rings. The lowest BCUT2D eigenvalue weighted by atomic mass is 9.90. The molecule has 0 aromatic heterocycles. The van der Waals surface area contributed by atoms with E-state index in [1.165, 1.54) is 12.2 Å².